The summed E-state index contributed by atoms with van der Waals surface area (Å²) in [7, 11) is 0. The molecule has 2 atom stereocenters. The molecule has 0 saturated heterocycles. The molecule has 1 aliphatic rings. The van der Waals surface area contributed by atoms with Crippen LogP contribution < -0.4 is 10.6 Å². The largest absolute Gasteiger partial charge is 0.465 e. The lowest BCUT2D eigenvalue weighted by molar-refractivity contribution is 0.184. The first-order valence-electron chi connectivity index (χ1n) is 7.86. The van der Waals surface area contributed by atoms with Gasteiger partial charge in [0.25, 0.3) is 0 Å². The SMILES string of the molecule is CCCNc1nc(Cl)ncc1C#C[C@@H]1CCC[C@H](NC(=O)O)C1. The van der Waals surface area contributed by atoms with Crippen LogP contribution in [0.1, 0.15) is 44.6 Å². The Morgan fingerprint density at radius 3 is 3.09 bits per heavy atom. The van der Waals surface area contributed by atoms with Gasteiger partial charge < -0.3 is 15.7 Å². The molecule has 0 aliphatic heterocycles. The number of hydrogen-bond donors (Lipinski definition) is 3. The Morgan fingerprint density at radius 2 is 2.35 bits per heavy atom. The second-order valence-corrected chi connectivity index (χ2v) is 5.95. The van der Waals surface area contributed by atoms with Gasteiger partial charge in [0.05, 0.1) is 5.56 Å². The van der Waals surface area contributed by atoms with E-state index in [0.717, 1.165) is 44.2 Å². The van der Waals surface area contributed by atoms with Gasteiger partial charge in [0.2, 0.25) is 5.28 Å². The number of nitrogens with one attached hydrogen (secondary N) is 2. The molecule has 7 heteroatoms. The summed E-state index contributed by atoms with van der Waals surface area (Å²) < 4.78 is 0. The van der Waals surface area contributed by atoms with Gasteiger partial charge in [-0.2, -0.15) is 4.98 Å². The zero-order valence-corrected chi connectivity index (χ0v) is 13.9. The minimum absolute atomic E-state index is 0.0142. The molecule has 0 radical (unpaired) electrons. The van der Waals surface area contributed by atoms with Crippen molar-refractivity contribution in [3.8, 4) is 11.8 Å². The minimum Gasteiger partial charge on any atom is -0.465 e. The molecule has 0 unspecified atom stereocenters. The molecule has 0 aromatic carbocycles. The van der Waals surface area contributed by atoms with Gasteiger partial charge in [0.15, 0.2) is 0 Å². The molecule has 1 fully saturated rings. The summed E-state index contributed by atoms with van der Waals surface area (Å²) in [4.78, 5) is 18.9. The van der Waals surface area contributed by atoms with Crippen molar-refractivity contribution in [1.29, 1.82) is 0 Å². The monoisotopic (exact) mass is 336 g/mol. The van der Waals surface area contributed by atoms with E-state index in [4.69, 9.17) is 16.7 Å². The molecule has 1 aromatic rings. The number of anilines is 1. The standard InChI is InChI=1S/C16H21ClN4O2/c1-2-8-18-14-12(10-19-15(17)21-14)7-6-11-4-3-5-13(9-11)20-16(22)23/h10-11,13,20H,2-5,8-9H2,1H3,(H,22,23)(H,18,19,21)/t11-,13-/m0/s1. The van der Waals surface area contributed by atoms with Gasteiger partial charge in [0, 0.05) is 24.7 Å². The Morgan fingerprint density at radius 1 is 1.52 bits per heavy atom. The van der Waals surface area contributed by atoms with Crippen LogP contribution in [0.15, 0.2) is 6.20 Å². The molecule has 1 aliphatic carbocycles. The van der Waals surface area contributed by atoms with E-state index in [1.165, 1.54) is 0 Å². The van der Waals surface area contributed by atoms with Gasteiger partial charge in [-0.15, -0.1) is 0 Å². The van der Waals surface area contributed by atoms with E-state index in [0.29, 0.717) is 5.82 Å². The fourth-order valence-corrected chi connectivity index (χ4v) is 2.77. The van der Waals surface area contributed by atoms with Crippen molar-refractivity contribution >= 4 is 23.5 Å². The Labute approximate surface area is 141 Å². The fraction of sp³-hybridized carbons (Fsp3) is 0.562. The second kappa shape index (κ2) is 8.59. The third-order valence-electron chi connectivity index (χ3n) is 3.71. The topological polar surface area (TPSA) is 87.1 Å². The molecular weight excluding hydrogens is 316 g/mol. The third kappa shape index (κ3) is 5.61. The molecule has 1 aromatic heterocycles. The first-order chi connectivity index (χ1) is 11.1. The van der Waals surface area contributed by atoms with E-state index in [-0.39, 0.29) is 17.2 Å². The highest BCUT2D eigenvalue weighted by Crippen LogP contribution is 2.24. The van der Waals surface area contributed by atoms with Crippen molar-refractivity contribution in [2.75, 3.05) is 11.9 Å². The number of rotatable bonds is 4. The lowest BCUT2D eigenvalue weighted by Gasteiger charge is -2.25. The van der Waals surface area contributed by atoms with Crippen molar-refractivity contribution in [3.05, 3.63) is 17.0 Å². The molecule has 1 heterocycles. The number of nitrogens with zero attached hydrogens (tertiary/aromatic N) is 2. The van der Waals surface area contributed by atoms with Crippen molar-refractivity contribution in [2.24, 2.45) is 5.92 Å². The zero-order valence-electron chi connectivity index (χ0n) is 13.1. The lowest BCUT2D eigenvalue weighted by Crippen LogP contribution is -2.37. The van der Waals surface area contributed by atoms with E-state index >= 15 is 0 Å². The van der Waals surface area contributed by atoms with Crippen LogP contribution in [-0.2, 0) is 0 Å². The first-order valence-corrected chi connectivity index (χ1v) is 8.23. The predicted molar refractivity (Wildman–Crippen MR) is 89.6 cm³/mol. The van der Waals surface area contributed by atoms with E-state index in [2.05, 4.69) is 39.4 Å². The molecule has 0 spiro atoms. The Bertz CT molecular complexity index is 612. The molecular formula is C16H21ClN4O2. The number of hydrogen-bond acceptors (Lipinski definition) is 4. The van der Waals surface area contributed by atoms with Crippen molar-refractivity contribution in [3.63, 3.8) is 0 Å². The fourth-order valence-electron chi connectivity index (χ4n) is 2.64. The van der Waals surface area contributed by atoms with E-state index in [9.17, 15) is 4.79 Å². The van der Waals surface area contributed by atoms with Gasteiger partial charge in [-0.3, -0.25) is 0 Å². The maximum Gasteiger partial charge on any atom is 0.404 e. The van der Waals surface area contributed by atoms with E-state index in [1.54, 1.807) is 6.20 Å². The maximum absolute atomic E-state index is 10.7. The van der Waals surface area contributed by atoms with Crippen LogP contribution in [0.5, 0.6) is 0 Å². The molecule has 6 nitrogen and oxygen atoms in total. The number of aromatic nitrogens is 2. The van der Waals surface area contributed by atoms with Crippen molar-refractivity contribution < 1.29 is 9.90 Å². The van der Waals surface area contributed by atoms with Crippen LogP contribution in [0, 0.1) is 17.8 Å². The van der Waals surface area contributed by atoms with E-state index < -0.39 is 6.09 Å². The summed E-state index contributed by atoms with van der Waals surface area (Å²) >= 11 is 5.84. The molecule has 0 bridgehead atoms. The van der Waals surface area contributed by atoms with Crippen LogP contribution in [0.3, 0.4) is 0 Å². The summed E-state index contributed by atoms with van der Waals surface area (Å²) in [5, 5.41) is 14.8. The molecule has 1 saturated carbocycles. The quantitative estimate of drug-likeness (QED) is 0.581. The summed E-state index contributed by atoms with van der Waals surface area (Å²) in [6.45, 7) is 2.86. The third-order valence-corrected chi connectivity index (χ3v) is 3.90. The van der Waals surface area contributed by atoms with Crippen LogP contribution in [0.25, 0.3) is 0 Å². The predicted octanol–water partition coefficient (Wildman–Crippen LogP) is 3.13. The Kier molecular flexibility index (Phi) is 6.48. The molecule has 1 amide bonds. The molecule has 3 N–H and O–H groups in total. The maximum atomic E-state index is 10.7. The average Bonchev–Trinajstić information content (AvgIpc) is 2.51. The highest BCUT2D eigenvalue weighted by atomic mass is 35.5. The van der Waals surface area contributed by atoms with Gasteiger partial charge in [-0.25, -0.2) is 9.78 Å². The summed E-state index contributed by atoms with van der Waals surface area (Å²) in [6.07, 6.45) is 5.19. The number of carboxylic acid groups (broad SMARTS) is 1. The van der Waals surface area contributed by atoms with Gasteiger partial charge >= 0.3 is 6.09 Å². The van der Waals surface area contributed by atoms with Crippen molar-refractivity contribution in [1.82, 2.24) is 15.3 Å². The number of carbonyl (C=O) groups is 1. The normalized spacial score (nSPS) is 20.3. The van der Waals surface area contributed by atoms with Crippen LogP contribution in [0.4, 0.5) is 10.6 Å². The first kappa shape index (κ1) is 17.4. The van der Waals surface area contributed by atoms with Gasteiger partial charge in [-0.05, 0) is 37.3 Å². The average molecular weight is 337 g/mol. The zero-order chi connectivity index (χ0) is 16.7. The lowest BCUT2D eigenvalue weighted by atomic mass is 9.86. The minimum atomic E-state index is -0.972. The Hall–Kier alpha value is -2.00. The molecule has 23 heavy (non-hydrogen) atoms. The highest BCUT2D eigenvalue weighted by molar-refractivity contribution is 6.28. The molecule has 2 rings (SSSR count). The van der Waals surface area contributed by atoms with Crippen LogP contribution in [-0.4, -0.2) is 33.8 Å². The smallest absolute Gasteiger partial charge is 0.404 e. The van der Waals surface area contributed by atoms with Crippen molar-refractivity contribution in [2.45, 2.75) is 45.1 Å². The highest BCUT2D eigenvalue weighted by Gasteiger charge is 2.21. The van der Waals surface area contributed by atoms with Crippen LogP contribution >= 0.6 is 11.6 Å². The summed E-state index contributed by atoms with van der Waals surface area (Å²) in [5.41, 5.74) is 0.719. The van der Waals surface area contributed by atoms with Gasteiger partial charge in [-0.1, -0.05) is 25.2 Å². The van der Waals surface area contributed by atoms with Crippen LogP contribution in [0.2, 0.25) is 5.28 Å². The summed E-state index contributed by atoms with van der Waals surface area (Å²) in [5.74, 6) is 7.18. The van der Waals surface area contributed by atoms with E-state index in [1.807, 2.05) is 0 Å². The number of amides is 1. The summed E-state index contributed by atoms with van der Waals surface area (Å²) in [6, 6.07) is -0.0142. The van der Waals surface area contributed by atoms with Gasteiger partial charge in [0.1, 0.15) is 5.82 Å². The second-order valence-electron chi connectivity index (χ2n) is 5.61. The molecule has 124 valence electrons. The Balaban J connectivity index is 2.07. The number of halogens is 1.